The molecule has 0 saturated heterocycles. The molecule has 80 heavy (non-hydrogen) atoms. The molecule has 0 heterocycles. The third-order valence-corrected chi connectivity index (χ3v) is 18.1. The second-order valence-electron chi connectivity index (χ2n) is 27.5. The fourth-order valence-corrected chi connectivity index (χ4v) is 11.9. The first-order valence-corrected chi connectivity index (χ1v) is 29.6. The molecule has 6 aromatic rings. The lowest BCUT2D eigenvalue weighted by atomic mass is 9.62. The number of ether oxygens (including phenoxy) is 3. The highest BCUT2D eigenvalue weighted by Gasteiger charge is 2.40. The molecule has 0 spiro atoms. The molecule has 0 saturated carbocycles. The molecule has 3 aliphatic rings. The summed E-state index contributed by atoms with van der Waals surface area (Å²) >= 11 is 0. The van der Waals surface area contributed by atoms with Gasteiger partial charge in [0.2, 0.25) is 0 Å². The van der Waals surface area contributed by atoms with Gasteiger partial charge in [0.25, 0.3) is 0 Å². The normalized spacial score (nSPS) is 17.9. The molecular formula is C76H98O4. The molecule has 4 nitrogen and oxygen atoms in total. The van der Waals surface area contributed by atoms with Gasteiger partial charge in [0.15, 0.2) is 0 Å². The van der Waals surface area contributed by atoms with Gasteiger partial charge >= 0.3 is 0 Å². The summed E-state index contributed by atoms with van der Waals surface area (Å²) in [6.45, 7) is 37.3. The zero-order chi connectivity index (χ0) is 58.3. The van der Waals surface area contributed by atoms with Crippen LogP contribution in [0.1, 0.15) is 222 Å². The number of fused-ring (bicyclic) bond motifs is 3. The van der Waals surface area contributed by atoms with Gasteiger partial charge in [-0.1, -0.05) is 245 Å². The SMILES string of the molecule is COCCOCc1cc2c(cc1/C=C/c1ccc(C)cc1)C(C)(C)CCC2(C)C.COCc1cc2c(cc1/C=C/c1ccc(C)cc1)C(C)(C)CCC2(C)C.Cc1ccc(/C=C/c2cc3c(cc2CO)C(C)(C)CCC3(C)C)cc1. The van der Waals surface area contributed by atoms with Crippen molar-refractivity contribution in [1.29, 1.82) is 0 Å². The van der Waals surface area contributed by atoms with Crippen LogP contribution in [-0.4, -0.2) is 32.5 Å². The first kappa shape index (κ1) is 62.0. The van der Waals surface area contributed by atoms with Crippen LogP contribution in [0.25, 0.3) is 36.5 Å². The van der Waals surface area contributed by atoms with E-state index >= 15 is 0 Å². The summed E-state index contributed by atoms with van der Waals surface area (Å²) in [5.74, 6) is 0. The molecule has 0 radical (unpaired) electrons. The van der Waals surface area contributed by atoms with E-state index in [-0.39, 0.29) is 39.1 Å². The van der Waals surface area contributed by atoms with E-state index in [0.29, 0.717) is 26.4 Å². The summed E-state index contributed by atoms with van der Waals surface area (Å²) in [5, 5.41) is 9.92. The highest BCUT2D eigenvalue weighted by atomic mass is 16.5. The molecule has 0 aliphatic heterocycles. The Hall–Kier alpha value is -5.62. The summed E-state index contributed by atoms with van der Waals surface area (Å²) in [4.78, 5) is 0. The van der Waals surface area contributed by atoms with Crippen LogP contribution in [0.15, 0.2) is 109 Å². The maximum absolute atomic E-state index is 9.92. The number of aliphatic hydroxyl groups excluding tert-OH is 1. The van der Waals surface area contributed by atoms with E-state index in [2.05, 4.69) is 250 Å². The molecule has 0 unspecified atom stereocenters. The summed E-state index contributed by atoms with van der Waals surface area (Å²) in [6.07, 6.45) is 20.5. The zero-order valence-corrected chi connectivity index (χ0v) is 52.3. The molecule has 4 heteroatoms. The first-order chi connectivity index (χ1) is 37.7. The van der Waals surface area contributed by atoms with Crippen molar-refractivity contribution in [3.8, 4) is 0 Å². The lowest BCUT2D eigenvalue weighted by molar-refractivity contribution is 0.0615. The third kappa shape index (κ3) is 15.3. The number of hydrogen-bond acceptors (Lipinski definition) is 4. The van der Waals surface area contributed by atoms with Crippen molar-refractivity contribution in [3.63, 3.8) is 0 Å². The van der Waals surface area contributed by atoms with Gasteiger partial charge in [0, 0.05) is 14.2 Å². The molecular weight excluding hydrogens is 977 g/mol. The molecule has 0 fully saturated rings. The molecule has 3 aliphatic carbocycles. The second kappa shape index (κ2) is 25.7. The van der Waals surface area contributed by atoms with Crippen molar-refractivity contribution in [1.82, 2.24) is 0 Å². The molecule has 0 bridgehead atoms. The Morgan fingerprint density at radius 3 is 0.912 bits per heavy atom. The zero-order valence-electron chi connectivity index (χ0n) is 52.3. The lowest BCUT2D eigenvalue weighted by Crippen LogP contribution is -2.34. The average Bonchev–Trinajstić information content (AvgIpc) is 3.48. The first-order valence-electron chi connectivity index (χ1n) is 29.6. The molecule has 0 atom stereocenters. The summed E-state index contributed by atoms with van der Waals surface area (Å²) in [5.41, 5.74) is 24.7. The van der Waals surface area contributed by atoms with Gasteiger partial charge < -0.3 is 19.3 Å². The lowest BCUT2D eigenvalue weighted by Gasteiger charge is -2.42. The van der Waals surface area contributed by atoms with Gasteiger partial charge in [-0.3, -0.25) is 0 Å². The van der Waals surface area contributed by atoms with Crippen molar-refractivity contribution in [3.05, 3.63) is 209 Å². The van der Waals surface area contributed by atoms with Crippen molar-refractivity contribution in [2.75, 3.05) is 27.4 Å². The molecule has 6 aromatic carbocycles. The Bertz CT molecular complexity index is 3130. The fourth-order valence-electron chi connectivity index (χ4n) is 11.9. The summed E-state index contributed by atoms with van der Waals surface area (Å²) < 4.78 is 16.6. The van der Waals surface area contributed by atoms with Gasteiger partial charge in [0.1, 0.15) is 0 Å². The van der Waals surface area contributed by atoms with Crippen LogP contribution in [0, 0.1) is 20.8 Å². The maximum atomic E-state index is 9.92. The second-order valence-corrected chi connectivity index (χ2v) is 27.5. The number of aryl methyl sites for hydroxylation is 3. The van der Waals surface area contributed by atoms with Crippen molar-refractivity contribution in [2.45, 2.75) is 195 Å². The smallest absolute Gasteiger partial charge is 0.0723 e. The van der Waals surface area contributed by atoms with Crippen molar-refractivity contribution in [2.24, 2.45) is 0 Å². The van der Waals surface area contributed by atoms with Crippen LogP contribution < -0.4 is 0 Å². The van der Waals surface area contributed by atoms with E-state index in [1.807, 2.05) is 0 Å². The summed E-state index contributed by atoms with van der Waals surface area (Å²) in [7, 11) is 3.49. The Kier molecular flexibility index (Phi) is 19.9. The Balaban J connectivity index is 0.000000174. The Morgan fingerprint density at radius 1 is 0.350 bits per heavy atom. The van der Waals surface area contributed by atoms with E-state index in [1.54, 1.807) is 14.2 Å². The van der Waals surface area contributed by atoms with Crippen molar-refractivity contribution >= 4 is 36.5 Å². The number of methoxy groups -OCH3 is 2. The minimum Gasteiger partial charge on any atom is -0.392 e. The molecule has 1 N–H and O–H groups in total. The Labute approximate surface area is 484 Å². The standard InChI is InChI=1S/C27H36O2.C25H32O.C24H30O/c1-20-7-9-21(10-8-20)11-12-22-17-24-25(18-23(22)19-29-16-15-28-6)27(4,5)14-13-26(24,2)3;1-18-7-9-19(10-8-18)11-12-20-15-22-23(16-21(20)17-26-6)25(4,5)14-13-24(22,2)3;1-17-6-8-18(9-7-17)10-11-19-14-21-22(15-20(19)16-25)24(4,5)13-12-23(21,2)3/h7-12,17-18H,13-16,19H2,1-6H3;7-12,15-16H,13-14,17H2,1-6H3;6-11,14-15,25H,12-13,16H2,1-5H3/b2*12-11+;11-10+. The summed E-state index contributed by atoms with van der Waals surface area (Å²) in [6, 6.07) is 40.0. The number of rotatable bonds is 14. The largest absolute Gasteiger partial charge is 0.392 e. The number of hydrogen-bond donors (Lipinski definition) is 1. The van der Waals surface area contributed by atoms with Crippen LogP contribution in [0.5, 0.6) is 0 Å². The van der Waals surface area contributed by atoms with Gasteiger partial charge in [-0.05, 0) is 175 Å². The Morgan fingerprint density at radius 2 is 0.625 bits per heavy atom. The molecule has 0 amide bonds. The van der Waals surface area contributed by atoms with Crippen LogP contribution in [0.2, 0.25) is 0 Å². The molecule has 9 rings (SSSR count). The minimum absolute atomic E-state index is 0.0807. The van der Waals surface area contributed by atoms with Crippen LogP contribution in [0.4, 0.5) is 0 Å². The van der Waals surface area contributed by atoms with Gasteiger partial charge in [-0.15, -0.1) is 0 Å². The van der Waals surface area contributed by atoms with E-state index in [0.717, 1.165) is 11.1 Å². The van der Waals surface area contributed by atoms with Crippen LogP contribution >= 0.6 is 0 Å². The maximum Gasteiger partial charge on any atom is 0.0723 e. The van der Waals surface area contributed by atoms with Crippen LogP contribution in [0.3, 0.4) is 0 Å². The van der Waals surface area contributed by atoms with E-state index < -0.39 is 0 Å². The minimum atomic E-state index is 0.0807. The quantitative estimate of drug-likeness (QED) is 0.0872. The van der Waals surface area contributed by atoms with E-state index in [1.165, 1.54) is 128 Å². The highest BCUT2D eigenvalue weighted by molar-refractivity contribution is 5.75. The van der Waals surface area contributed by atoms with Gasteiger partial charge in [-0.2, -0.15) is 0 Å². The van der Waals surface area contributed by atoms with Crippen molar-refractivity contribution < 1.29 is 19.3 Å². The van der Waals surface area contributed by atoms with E-state index in [4.69, 9.17) is 14.2 Å². The average molecular weight is 1080 g/mol. The topological polar surface area (TPSA) is 47.9 Å². The van der Waals surface area contributed by atoms with E-state index in [9.17, 15) is 5.11 Å². The monoisotopic (exact) mass is 1070 g/mol. The third-order valence-electron chi connectivity index (χ3n) is 18.1. The van der Waals surface area contributed by atoms with Gasteiger partial charge in [-0.25, -0.2) is 0 Å². The number of benzene rings is 6. The predicted octanol–water partition coefficient (Wildman–Crippen LogP) is 19.3. The fraction of sp³-hybridized carbons (Fsp3) is 0.447. The predicted molar refractivity (Wildman–Crippen MR) is 344 cm³/mol. The number of aliphatic hydroxyl groups is 1. The van der Waals surface area contributed by atoms with Gasteiger partial charge in [0.05, 0.1) is 33.0 Å². The highest BCUT2D eigenvalue weighted by Crippen LogP contribution is 2.49. The van der Waals surface area contributed by atoms with Crippen LogP contribution in [-0.2, 0) is 66.5 Å². The molecule has 426 valence electrons. The molecule has 0 aromatic heterocycles.